The van der Waals surface area contributed by atoms with Gasteiger partial charge in [-0.3, -0.25) is 24.3 Å². The van der Waals surface area contributed by atoms with Gasteiger partial charge < -0.3 is 4.90 Å². The van der Waals surface area contributed by atoms with Crippen molar-refractivity contribution < 1.29 is 18.1 Å². The molecule has 2 aromatic heterocycles. The molecule has 3 heterocycles. The highest BCUT2D eigenvalue weighted by atomic mass is 32.2. The highest BCUT2D eigenvalue weighted by Crippen LogP contribution is 2.21. The maximum absolute atomic E-state index is 12.6. The van der Waals surface area contributed by atoms with Crippen LogP contribution in [0.4, 0.5) is 5.69 Å². The molecule has 0 atom stereocenters. The lowest BCUT2D eigenvalue weighted by Gasteiger charge is -2.33. The molecule has 1 aliphatic heterocycles. The van der Waals surface area contributed by atoms with Gasteiger partial charge >= 0.3 is 5.69 Å². The molecule has 3 rings (SSSR count). The molecular formula is C13H17N7O5S. The molecular weight excluding hydrogens is 366 g/mol. The number of piperazine rings is 1. The predicted octanol–water partition coefficient (Wildman–Crippen LogP) is -0.791. The van der Waals surface area contributed by atoms with E-state index in [2.05, 4.69) is 10.2 Å². The van der Waals surface area contributed by atoms with E-state index in [9.17, 15) is 23.3 Å². The molecule has 1 fully saturated rings. The Morgan fingerprint density at radius 2 is 1.81 bits per heavy atom. The number of carbonyl (C=O) groups is 1. The van der Waals surface area contributed by atoms with Crippen LogP contribution in [-0.4, -0.2) is 74.2 Å². The minimum Gasteiger partial charge on any atom is -0.334 e. The number of aryl methyl sites for hydroxylation is 2. The van der Waals surface area contributed by atoms with E-state index >= 15 is 0 Å². The summed E-state index contributed by atoms with van der Waals surface area (Å²) in [6, 6.07) is 0. The zero-order valence-electron chi connectivity index (χ0n) is 14.1. The van der Waals surface area contributed by atoms with E-state index in [1.54, 1.807) is 7.05 Å². The molecule has 1 aliphatic rings. The van der Waals surface area contributed by atoms with E-state index in [1.165, 1.54) is 38.0 Å². The van der Waals surface area contributed by atoms with Gasteiger partial charge in [0.15, 0.2) is 0 Å². The van der Waals surface area contributed by atoms with Crippen molar-refractivity contribution in [2.24, 2.45) is 14.1 Å². The van der Waals surface area contributed by atoms with Crippen LogP contribution >= 0.6 is 0 Å². The van der Waals surface area contributed by atoms with Gasteiger partial charge in [0.2, 0.25) is 15.7 Å². The van der Waals surface area contributed by atoms with E-state index in [0.717, 1.165) is 6.20 Å². The van der Waals surface area contributed by atoms with Gasteiger partial charge in [-0.1, -0.05) is 0 Å². The highest BCUT2D eigenvalue weighted by molar-refractivity contribution is 7.89. The Balaban J connectivity index is 1.73. The van der Waals surface area contributed by atoms with Crippen LogP contribution in [0.25, 0.3) is 0 Å². The minimum atomic E-state index is -3.69. The van der Waals surface area contributed by atoms with Crippen LogP contribution in [0.1, 0.15) is 10.5 Å². The summed E-state index contributed by atoms with van der Waals surface area (Å²) in [6.45, 7) is 0.408. The Kier molecular flexibility index (Phi) is 4.50. The first-order valence-electron chi connectivity index (χ1n) is 7.66. The molecule has 13 heteroatoms. The van der Waals surface area contributed by atoms with Gasteiger partial charge in [-0.05, 0) is 0 Å². The highest BCUT2D eigenvalue weighted by Gasteiger charge is 2.34. The largest absolute Gasteiger partial charge is 0.334 e. The fourth-order valence-corrected chi connectivity index (χ4v) is 4.13. The first-order chi connectivity index (χ1) is 12.2. The average Bonchev–Trinajstić information content (AvgIpc) is 3.20. The Morgan fingerprint density at radius 1 is 1.15 bits per heavy atom. The third-order valence-electron chi connectivity index (χ3n) is 4.05. The number of hydrogen-bond donors (Lipinski definition) is 0. The number of amides is 1. The number of sulfonamides is 1. The summed E-state index contributed by atoms with van der Waals surface area (Å²) >= 11 is 0. The van der Waals surface area contributed by atoms with Crippen molar-refractivity contribution in [3.05, 3.63) is 34.4 Å². The number of nitro groups is 1. The van der Waals surface area contributed by atoms with E-state index in [4.69, 9.17) is 0 Å². The summed E-state index contributed by atoms with van der Waals surface area (Å²) in [5.41, 5.74) is -0.621. The monoisotopic (exact) mass is 383 g/mol. The van der Waals surface area contributed by atoms with Gasteiger partial charge in [-0.2, -0.15) is 14.5 Å². The van der Waals surface area contributed by atoms with Gasteiger partial charge in [-0.15, -0.1) is 0 Å². The van der Waals surface area contributed by atoms with Crippen molar-refractivity contribution in [1.29, 1.82) is 0 Å². The molecule has 12 nitrogen and oxygen atoms in total. The number of rotatable bonds is 4. The van der Waals surface area contributed by atoms with Crippen LogP contribution < -0.4 is 0 Å². The molecule has 0 spiro atoms. The average molecular weight is 383 g/mol. The summed E-state index contributed by atoms with van der Waals surface area (Å²) in [5, 5.41) is 18.8. The van der Waals surface area contributed by atoms with Gasteiger partial charge in [0, 0.05) is 46.5 Å². The molecule has 2 aromatic rings. The molecule has 1 saturated heterocycles. The fourth-order valence-electron chi connectivity index (χ4n) is 2.72. The van der Waals surface area contributed by atoms with Crippen LogP contribution in [0.5, 0.6) is 0 Å². The van der Waals surface area contributed by atoms with Crippen LogP contribution in [0, 0.1) is 10.1 Å². The number of carbonyl (C=O) groups excluding carboxylic acids is 1. The van der Waals surface area contributed by atoms with Crippen LogP contribution in [0.15, 0.2) is 23.5 Å². The molecule has 0 saturated carbocycles. The molecule has 0 N–H and O–H groups in total. The molecule has 26 heavy (non-hydrogen) atoms. The lowest BCUT2D eigenvalue weighted by molar-refractivity contribution is -0.385. The topological polar surface area (TPSA) is 136 Å². The van der Waals surface area contributed by atoms with Crippen LogP contribution in [-0.2, 0) is 24.1 Å². The Morgan fingerprint density at radius 3 is 2.35 bits per heavy atom. The quantitative estimate of drug-likeness (QED) is 0.498. The van der Waals surface area contributed by atoms with E-state index in [-0.39, 0.29) is 42.5 Å². The molecule has 140 valence electrons. The lowest BCUT2D eigenvalue weighted by atomic mass is 10.3. The predicted molar refractivity (Wildman–Crippen MR) is 87.7 cm³/mol. The second kappa shape index (κ2) is 6.49. The summed E-state index contributed by atoms with van der Waals surface area (Å²) in [6.07, 6.45) is 3.84. The van der Waals surface area contributed by atoms with E-state index < -0.39 is 20.9 Å². The normalized spacial score (nSPS) is 16.0. The number of hydrogen-bond acceptors (Lipinski definition) is 7. The third kappa shape index (κ3) is 3.17. The zero-order valence-corrected chi connectivity index (χ0v) is 15.0. The third-order valence-corrected chi connectivity index (χ3v) is 5.91. The molecule has 1 amide bonds. The van der Waals surface area contributed by atoms with Gasteiger partial charge in [0.25, 0.3) is 5.91 Å². The van der Waals surface area contributed by atoms with Crippen molar-refractivity contribution in [3.63, 3.8) is 0 Å². The second-order valence-electron chi connectivity index (χ2n) is 5.84. The molecule has 0 aromatic carbocycles. The van der Waals surface area contributed by atoms with Gasteiger partial charge in [0.1, 0.15) is 11.1 Å². The molecule has 0 radical (unpaired) electrons. The maximum atomic E-state index is 12.6. The van der Waals surface area contributed by atoms with Crippen LogP contribution in [0.3, 0.4) is 0 Å². The van der Waals surface area contributed by atoms with Gasteiger partial charge in [0.05, 0.1) is 11.1 Å². The minimum absolute atomic E-state index is 0.0835. The van der Waals surface area contributed by atoms with Crippen molar-refractivity contribution in [1.82, 2.24) is 28.8 Å². The zero-order chi connectivity index (χ0) is 19.1. The van der Waals surface area contributed by atoms with Crippen molar-refractivity contribution in [3.8, 4) is 0 Å². The molecule has 0 unspecified atom stereocenters. The van der Waals surface area contributed by atoms with Crippen molar-refractivity contribution in [2.75, 3.05) is 26.2 Å². The first kappa shape index (κ1) is 18.0. The lowest BCUT2D eigenvalue weighted by Crippen LogP contribution is -2.50. The summed E-state index contributed by atoms with van der Waals surface area (Å²) < 4.78 is 29.0. The molecule has 0 bridgehead atoms. The van der Waals surface area contributed by atoms with E-state index in [0.29, 0.717) is 0 Å². The van der Waals surface area contributed by atoms with Crippen molar-refractivity contribution >= 4 is 21.6 Å². The van der Waals surface area contributed by atoms with E-state index in [1.807, 2.05) is 0 Å². The fraction of sp³-hybridized carbons (Fsp3) is 0.462. The summed E-state index contributed by atoms with van der Waals surface area (Å²) in [4.78, 5) is 24.4. The first-order valence-corrected chi connectivity index (χ1v) is 9.10. The second-order valence-corrected chi connectivity index (χ2v) is 7.78. The van der Waals surface area contributed by atoms with Crippen LogP contribution in [0.2, 0.25) is 0 Å². The van der Waals surface area contributed by atoms with Crippen molar-refractivity contribution in [2.45, 2.75) is 4.90 Å². The Bertz CT molecular complexity index is 955. The SMILES string of the molecule is Cn1cc(S(=O)(=O)N2CCN(C(=O)c3nn(C)cc3[N+](=O)[O-])CC2)cn1. The number of nitrogens with zero attached hydrogens (tertiary/aromatic N) is 7. The number of aromatic nitrogens is 4. The van der Waals surface area contributed by atoms with Gasteiger partial charge in [-0.25, -0.2) is 8.42 Å². The summed E-state index contributed by atoms with van der Waals surface area (Å²) in [7, 11) is -0.580. The molecule has 0 aliphatic carbocycles. The summed E-state index contributed by atoms with van der Waals surface area (Å²) in [5.74, 6) is -0.587. The maximum Gasteiger partial charge on any atom is 0.320 e. The Labute approximate surface area is 148 Å². The Hall–Kier alpha value is -2.80. The standard InChI is InChI=1S/C13H17N7O5S/c1-16-8-10(7-14-16)26(24,25)19-5-3-18(4-6-19)13(21)12-11(20(22)23)9-17(2)15-12/h7-9H,3-6H2,1-2H3. The smallest absolute Gasteiger partial charge is 0.320 e.